The summed E-state index contributed by atoms with van der Waals surface area (Å²) in [5.41, 5.74) is 0.452. The summed E-state index contributed by atoms with van der Waals surface area (Å²) in [4.78, 5) is 12.9. The van der Waals surface area contributed by atoms with Crippen molar-refractivity contribution in [2.45, 2.75) is 6.42 Å². The summed E-state index contributed by atoms with van der Waals surface area (Å²) in [6.45, 7) is 0.925. The SMILES string of the molecule is O=C1OCCCN1c1c(Cl)cc(F)cc1Br. The molecule has 0 saturated carbocycles. The summed E-state index contributed by atoms with van der Waals surface area (Å²) < 4.78 is 18.4. The molecule has 16 heavy (non-hydrogen) atoms. The number of benzene rings is 1. The van der Waals surface area contributed by atoms with Gasteiger partial charge in [-0.05, 0) is 34.5 Å². The third-order valence-corrected chi connectivity index (χ3v) is 3.12. The molecule has 1 aromatic carbocycles. The number of rotatable bonds is 1. The fraction of sp³-hybridized carbons (Fsp3) is 0.300. The number of anilines is 1. The van der Waals surface area contributed by atoms with E-state index in [4.69, 9.17) is 16.3 Å². The van der Waals surface area contributed by atoms with Gasteiger partial charge in [0.1, 0.15) is 5.82 Å². The van der Waals surface area contributed by atoms with Crippen molar-refractivity contribution >= 4 is 39.3 Å². The smallest absolute Gasteiger partial charge is 0.414 e. The molecule has 86 valence electrons. The van der Waals surface area contributed by atoms with E-state index in [1.807, 2.05) is 0 Å². The van der Waals surface area contributed by atoms with Crippen LogP contribution >= 0.6 is 27.5 Å². The van der Waals surface area contributed by atoms with Crippen molar-refractivity contribution in [1.29, 1.82) is 0 Å². The number of hydrogen-bond donors (Lipinski definition) is 0. The van der Waals surface area contributed by atoms with Gasteiger partial charge < -0.3 is 4.74 Å². The van der Waals surface area contributed by atoms with E-state index in [2.05, 4.69) is 15.9 Å². The van der Waals surface area contributed by atoms with Gasteiger partial charge in [-0.25, -0.2) is 9.18 Å². The fourth-order valence-electron chi connectivity index (χ4n) is 1.55. The van der Waals surface area contributed by atoms with Gasteiger partial charge in [0.25, 0.3) is 0 Å². The van der Waals surface area contributed by atoms with Gasteiger partial charge in [-0.3, -0.25) is 4.90 Å². The molecule has 0 spiro atoms. The highest BCUT2D eigenvalue weighted by Crippen LogP contribution is 2.36. The van der Waals surface area contributed by atoms with Crippen molar-refractivity contribution in [1.82, 2.24) is 0 Å². The van der Waals surface area contributed by atoms with E-state index < -0.39 is 11.9 Å². The van der Waals surface area contributed by atoms with Gasteiger partial charge in [-0.2, -0.15) is 0 Å². The van der Waals surface area contributed by atoms with E-state index in [1.54, 1.807) is 0 Å². The Morgan fingerprint density at radius 3 is 2.88 bits per heavy atom. The average Bonchev–Trinajstić information content (AvgIpc) is 2.19. The fourth-order valence-corrected chi connectivity index (χ4v) is 2.62. The average molecular weight is 309 g/mol. The van der Waals surface area contributed by atoms with Gasteiger partial charge in [0, 0.05) is 11.0 Å². The highest BCUT2D eigenvalue weighted by molar-refractivity contribution is 9.10. The molecule has 1 saturated heterocycles. The molecule has 0 unspecified atom stereocenters. The lowest BCUT2D eigenvalue weighted by molar-refractivity contribution is 0.140. The van der Waals surface area contributed by atoms with Gasteiger partial charge in [-0.1, -0.05) is 11.6 Å². The van der Waals surface area contributed by atoms with Gasteiger partial charge in [0.15, 0.2) is 0 Å². The van der Waals surface area contributed by atoms with Crippen molar-refractivity contribution in [2.24, 2.45) is 0 Å². The maximum absolute atomic E-state index is 13.0. The Labute approximate surface area is 105 Å². The molecule has 1 amide bonds. The van der Waals surface area contributed by atoms with Gasteiger partial charge in [0.2, 0.25) is 0 Å². The van der Waals surface area contributed by atoms with Gasteiger partial charge in [0.05, 0.1) is 17.3 Å². The summed E-state index contributed by atoms with van der Waals surface area (Å²) in [6.07, 6.45) is 0.270. The highest BCUT2D eigenvalue weighted by Gasteiger charge is 2.25. The highest BCUT2D eigenvalue weighted by atomic mass is 79.9. The Morgan fingerprint density at radius 2 is 2.25 bits per heavy atom. The Bertz CT molecular complexity index is 418. The third kappa shape index (κ3) is 2.15. The van der Waals surface area contributed by atoms with Crippen LogP contribution in [0.25, 0.3) is 0 Å². The van der Waals surface area contributed by atoms with Crippen molar-refractivity contribution in [2.75, 3.05) is 18.1 Å². The normalized spacial score (nSPS) is 16.2. The minimum Gasteiger partial charge on any atom is -0.449 e. The van der Waals surface area contributed by atoms with Crippen LogP contribution in [0.5, 0.6) is 0 Å². The zero-order chi connectivity index (χ0) is 11.7. The second-order valence-electron chi connectivity index (χ2n) is 3.34. The van der Waals surface area contributed by atoms with E-state index in [9.17, 15) is 9.18 Å². The number of halogens is 3. The van der Waals surface area contributed by atoms with Crippen LogP contribution in [0.2, 0.25) is 5.02 Å². The molecule has 1 aromatic rings. The number of cyclic esters (lactones) is 1. The van der Waals surface area contributed by atoms with Crippen LogP contribution in [0.4, 0.5) is 14.9 Å². The first-order valence-electron chi connectivity index (χ1n) is 4.68. The van der Waals surface area contributed by atoms with Crippen LogP contribution in [0.1, 0.15) is 6.42 Å². The molecular formula is C10H8BrClFNO2. The maximum Gasteiger partial charge on any atom is 0.414 e. The number of ether oxygens (including phenoxy) is 1. The van der Waals surface area contributed by atoms with Crippen LogP contribution in [0.15, 0.2) is 16.6 Å². The minimum absolute atomic E-state index is 0.186. The quantitative estimate of drug-likeness (QED) is 0.793. The molecule has 0 bridgehead atoms. The van der Waals surface area contributed by atoms with E-state index in [1.165, 1.54) is 17.0 Å². The van der Waals surface area contributed by atoms with Crippen molar-refractivity contribution in [3.8, 4) is 0 Å². The molecule has 0 radical (unpaired) electrons. The first kappa shape index (κ1) is 11.7. The number of hydrogen-bond acceptors (Lipinski definition) is 2. The lowest BCUT2D eigenvalue weighted by Crippen LogP contribution is -2.38. The third-order valence-electron chi connectivity index (χ3n) is 2.22. The van der Waals surface area contributed by atoms with E-state index >= 15 is 0 Å². The predicted molar refractivity (Wildman–Crippen MR) is 62.4 cm³/mol. The zero-order valence-electron chi connectivity index (χ0n) is 8.17. The molecule has 1 aliphatic heterocycles. The van der Waals surface area contributed by atoms with Crippen molar-refractivity contribution in [3.63, 3.8) is 0 Å². The van der Waals surface area contributed by atoms with Crippen molar-refractivity contribution < 1.29 is 13.9 Å². The molecule has 0 N–H and O–H groups in total. The Balaban J connectivity index is 2.42. The molecule has 0 aliphatic carbocycles. The molecule has 1 aliphatic rings. The first-order valence-corrected chi connectivity index (χ1v) is 5.85. The predicted octanol–water partition coefficient (Wildman–Crippen LogP) is 3.59. The summed E-state index contributed by atoms with van der Waals surface area (Å²) in [7, 11) is 0. The lowest BCUT2D eigenvalue weighted by Gasteiger charge is -2.27. The molecule has 0 atom stereocenters. The van der Waals surface area contributed by atoms with Crippen LogP contribution < -0.4 is 4.90 Å². The Kier molecular flexibility index (Phi) is 3.35. The van der Waals surface area contributed by atoms with E-state index in [-0.39, 0.29) is 5.02 Å². The molecule has 3 nitrogen and oxygen atoms in total. The number of amides is 1. The van der Waals surface area contributed by atoms with Crippen LogP contribution in [0, 0.1) is 5.82 Å². The molecule has 2 rings (SSSR count). The van der Waals surface area contributed by atoms with E-state index in [0.29, 0.717) is 23.3 Å². The van der Waals surface area contributed by atoms with Crippen LogP contribution in [0.3, 0.4) is 0 Å². The van der Waals surface area contributed by atoms with E-state index in [0.717, 1.165) is 6.42 Å². The monoisotopic (exact) mass is 307 g/mol. The molecule has 1 fully saturated rings. The second-order valence-corrected chi connectivity index (χ2v) is 4.60. The van der Waals surface area contributed by atoms with Gasteiger partial charge in [-0.15, -0.1) is 0 Å². The standard InChI is InChI=1S/C10H8BrClFNO2/c11-7-4-6(13)5-8(12)9(7)14-2-1-3-16-10(14)15/h4-5H,1-3H2. The molecule has 6 heteroatoms. The van der Waals surface area contributed by atoms with Crippen LogP contribution in [-0.2, 0) is 4.74 Å². The molecular weight excluding hydrogens is 300 g/mol. The molecule has 1 heterocycles. The summed E-state index contributed by atoms with van der Waals surface area (Å²) in [6, 6.07) is 2.44. The Hall–Kier alpha value is -0.810. The second kappa shape index (κ2) is 4.59. The Morgan fingerprint density at radius 1 is 1.50 bits per heavy atom. The molecule has 0 aromatic heterocycles. The summed E-state index contributed by atoms with van der Waals surface area (Å²) in [5.74, 6) is -0.453. The lowest BCUT2D eigenvalue weighted by atomic mass is 10.2. The largest absolute Gasteiger partial charge is 0.449 e. The topological polar surface area (TPSA) is 29.5 Å². The maximum atomic E-state index is 13.0. The summed E-state index contributed by atoms with van der Waals surface area (Å²) >= 11 is 9.10. The number of carbonyl (C=O) groups is 1. The van der Waals surface area contributed by atoms with Gasteiger partial charge >= 0.3 is 6.09 Å². The summed E-state index contributed by atoms with van der Waals surface area (Å²) in [5, 5.41) is 0.186. The number of nitrogens with zero attached hydrogens (tertiary/aromatic N) is 1. The van der Waals surface area contributed by atoms with Crippen molar-refractivity contribution in [3.05, 3.63) is 27.4 Å². The zero-order valence-corrected chi connectivity index (χ0v) is 10.5. The van der Waals surface area contributed by atoms with Crippen LogP contribution in [-0.4, -0.2) is 19.2 Å². The first-order chi connectivity index (χ1) is 7.59. The minimum atomic E-state index is -0.458. The number of carbonyl (C=O) groups excluding carboxylic acids is 1.